The summed E-state index contributed by atoms with van der Waals surface area (Å²) in [6.45, 7) is 2.77. The number of piperidine rings is 1. The molecular formula is C23H27ClFN3O4S. The van der Waals surface area contributed by atoms with Crippen LogP contribution < -0.4 is 10.6 Å². The Hall–Kier alpha value is -2.49. The normalized spacial score (nSPS) is 15.2. The van der Waals surface area contributed by atoms with Gasteiger partial charge in [-0.1, -0.05) is 36.7 Å². The van der Waals surface area contributed by atoms with Gasteiger partial charge in [0.2, 0.25) is 15.9 Å². The molecule has 0 radical (unpaired) electrons. The van der Waals surface area contributed by atoms with Crippen LogP contribution in [0.2, 0.25) is 5.02 Å². The first kappa shape index (κ1) is 25.1. The average Bonchev–Trinajstić information content (AvgIpc) is 2.80. The third kappa shape index (κ3) is 6.31. The zero-order valence-electron chi connectivity index (χ0n) is 18.3. The van der Waals surface area contributed by atoms with E-state index in [9.17, 15) is 22.4 Å². The van der Waals surface area contributed by atoms with Gasteiger partial charge < -0.3 is 10.6 Å². The molecule has 0 aliphatic carbocycles. The van der Waals surface area contributed by atoms with E-state index in [1.54, 1.807) is 24.3 Å². The Bertz CT molecular complexity index is 1100. The minimum atomic E-state index is -3.79. The number of nitrogens with one attached hydrogen (secondary N) is 2. The summed E-state index contributed by atoms with van der Waals surface area (Å²) in [5.41, 5.74) is 0.735. The number of nitrogens with zero attached hydrogens (tertiary/aromatic N) is 1. The molecule has 2 N–H and O–H groups in total. The van der Waals surface area contributed by atoms with E-state index in [1.807, 2.05) is 6.92 Å². The summed E-state index contributed by atoms with van der Waals surface area (Å²) in [5, 5.41) is 5.67. The third-order valence-corrected chi connectivity index (χ3v) is 7.73. The summed E-state index contributed by atoms with van der Waals surface area (Å²) in [6.07, 6.45) is 1.44. The Morgan fingerprint density at radius 3 is 2.48 bits per heavy atom. The lowest BCUT2D eigenvalue weighted by molar-refractivity contribution is -0.120. The first-order valence-corrected chi connectivity index (χ1v) is 12.8. The van der Waals surface area contributed by atoms with Gasteiger partial charge in [-0.05, 0) is 43.5 Å². The number of hydrogen-bond donors (Lipinski definition) is 2. The Morgan fingerprint density at radius 2 is 1.82 bits per heavy atom. The molecule has 0 unspecified atom stereocenters. The second-order valence-electron chi connectivity index (χ2n) is 7.92. The van der Waals surface area contributed by atoms with Gasteiger partial charge in [-0.15, -0.1) is 0 Å². The average molecular weight is 496 g/mol. The standard InChI is InChI=1S/C23H27ClFN3O4S/c1-2-12-26-23(30)17-6-3-4-9-21(17)27-22(29)16-10-13-28(14-11-16)33(31,32)15-18-19(24)7-5-8-20(18)25/h3-9,16H,2,10-15H2,1H3,(H,26,30)(H,27,29). The van der Waals surface area contributed by atoms with Crippen molar-refractivity contribution in [1.82, 2.24) is 9.62 Å². The molecule has 2 amide bonds. The van der Waals surface area contributed by atoms with E-state index in [4.69, 9.17) is 11.6 Å². The molecule has 3 rings (SSSR count). The summed E-state index contributed by atoms with van der Waals surface area (Å²) in [4.78, 5) is 25.2. The highest BCUT2D eigenvalue weighted by Gasteiger charge is 2.32. The van der Waals surface area contributed by atoms with Gasteiger partial charge in [0, 0.05) is 36.1 Å². The molecule has 1 fully saturated rings. The van der Waals surface area contributed by atoms with E-state index >= 15 is 0 Å². The topological polar surface area (TPSA) is 95.6 Å². The maximum atomic E-state index is 14.0. The second kappa shape index (κ2) is 11.1. The van der Waals surface area contributed by atoms with Crippen molar-refractivity contribution < 1.29 is 22.4 Å². The summed E-state index contributed by atoms with van der Waals surface area (Å²) in [6, 6.07) is 10.8. The van der Waals surface area contributed by atoms with Crippen LogP contribution in [0.1, 0.15) is 42.1 Å². The molecule has 0 saturated carbocycles. The van der Waals surface area contributed by atoms with E-state index < -0.39 is 27.5 Å². The van der Waals surface area contributed by atoms with Crippen molar-refractivity contribution in [3.05, 3.63) is 64.4 Å². The minimum absolute atomic E-state index is 0.0583. The first-order valence-electron chi connectivity index (χ1n) is 10.8. The molecule has 1 aliphatic rings. The van der Waals surface area contributed by atoms with Crippen molar-refractivity contribution in [2.24, 2.45) is 5.92 Å². The lowest BCUT2D eigenvalue weighted by atomic mass is 9.97. The fourth-order valence-corrected chi connectivity index (χ4v) is 5.62. The first-order chi connectivity index (χ1) is 15.7. The Balaban J connectivity index is 1.61. The molecule has 0 bridgehead atoms. The molecule has 178 valence electrons. The molecule has 7 nitrogen and oxygen atoms in total. The van der Waals surface area contributed by atoms with E-state index in [0.717, 1.165) is 6.42 Å². The van der Waals surface area contributed by atoms with Crippen molar-refractivity contribution in [2.45, 2.75) is 31.9 Å². The van der Waals surface area contributed by atoms with Crippen molar-refractivity contribution in [3.63, 3.8) is 0 Å². The van der Waals surface area contributed by atoms with Crippen LogP contribution in [-0.2, 0) is 20.6 Å². The lowest BCUT2D eigenvalue weighted by Crippen LogP contribution is -2.42. The van der Waals surface area contributed by atoms with Gasteiger partial charge in [0.25, 0.3) is 5.91 Å². The number of carbonyl (C=O) groups excluding carboxylic acids is 2. The predicted octanol–water partition coefficient (Wildman–Crippen LogP) is 3.80. The molecule has 1 saturated heterocycles. The van der Waals surface area contributed by atoms with Gasteiger partial charge in [-0.25, -0.2) is 17.1 Å². The zero-order valence-corrected chi connectivity index (χ0v) is 19.9. The maximum absolute atomic E-state index is 14.0. The predicted molar refractivity (Wildman–Crippen MR) is 126 cm³/mol. The summed E-state index contributed by atoms with van der Waals surface area (Å²) in [7, 11) is -3.79. The fraction of sp³-hybridized carbons (Fsp3) is 0.391. The molecule has 2 aromatic rings. The number of carbonyl (C=O) groups is 2. The van der Waals surface area contributed by atoms with Crippen LogP contribution in [0.25, 0.3) is 0 Å². The van der Waals surface area contributed by atoms with E-state index in [1.165, 1.54) is 22.5 Å². The van der Waals surface area contributed by atoms with E-state index in [2.05, 4.69) is 10.6 Å². The Labute approximate surface area is 198 Å². The van der Waals surface area contributed by atoms with Crippen LogP contribution in [0.3, 0.4) is 0 Å². The molecule has 0 aromatic heterocycles. The van der Waals surface area contributed by atoms with Gasteiger partial charge in [0.1, 0.15) is 5.82 Å². The van der Waals surface area contributed by atoms with Crippen LogP contribution in [0.4, 0.5) is 10.1 Å². The molecular weight excluding hydrogens is 469 g/mol. The molecule has 10 heteroatoms. The van der Waals surface area contributed by atoms with Crippen molar-refractivity contribution in [3.8, 4) is 0 Å². The molecule has 0 atom stereocenters. The van der Waals surface area contributed by atoms with E-state index in [-0.39, 0.29) is 35.5 Å². The molecule has 33 heavy (non-hydrogen) atoms. The van der Waals surface area contributed by atoms with Crippen LogP contribution in [0.5, 0.6) is 0 Å². The lowest BCUT2D eigenvalue weighted by Gasteiger charge is -2.30. The quantitative estimate of drug-likeness (QED) is 0.582. The van der Waals surface area contributed by atoms with Crippen LogP contribution >= 0.6 is 11.6 Å². The van der Waals surface area contributed by atoms with Crippen molar-refractivity contribution >= 4 is 39.1 Å². The van der Waals surface area contributed by atoms with Gasteiger partial charge in [0.15, 0.2) is 0 Å². The molecule has 2 aromatic carbocycles. The number of hydrogen-bond acceptors (Lipinski definition) is 4. The molecule has 1 aliphatic heterocycles. The number of amides is 2. The largest absolute Gasteiger partial charge is 0.352 e. The highest BCUT2D eigenvalue weighted by molar-refractivity contribution is 7.88. The minimum Gasteiger partial charge on any atom is -0.352 e. The number of anilines is 1. The summed E-state index contributed by atoms with van der Waals surface area (Å²) >= 11 is 5.97. The molecule has 1 heterocycles. The number of benzene rings is 2. The second-order valence-corrected chi connectivity index (χ2v) is 10.3. The molecule has 0 spiro atoms. The van der Waals surface area contributed by atoms with Crippen LogP contribution in [0.15, 0.2) is 42.5 Å². The summed E-state index contributed by atoms with van der Waals surface area (Å²) in [5.74, 6) is -2.13. The Morgan fingerprint density at radius 1 is 1.12 bits per heavy atom. The van der Waals surface area contributed by atoms with Crippen LogP contribution in [-0.4, -0.2) is 44.2 Å². The number of halogens is 2. The number of para-hydroxylation sites is 1. The van der Waals surface area contributed by atoms with Gasteiger partial charge >= 0.3 is 0 Å². The van der Waals surface area contributed by atoms with Crippen molar-refractivity contribution in [1.29, 1.82) is 0 Å². The van der Waals surface area contributed by atoms with E-state index in [0.29, 0.717) is 30.6 Å². The van der Waals surface area contributed by atoms with Gasteiger partial charge in [-0.2, -0.15) is 0 Å². The maximum Gasteiger partial charge on any atom is 0.253 e. The van der Waals surface area contributed by atoms with Gasteiger partial charge in [0.05, 0.1) is 17.0 Å². The summed E-state index contributed by atoms with van der Waals surface area (Å²) < 4.78 is 40.9. The third-order valence-electron chi connectivity index (χ3n) is 5.57. The fourth-order valence-electron chi connectivity index (χ4n) is 3.70. The number of sulfonamides is 1. The van der Waals surface area contributed by atoms with Crippen molar-refractivity contribution in [2.75, 3.05) is 25.0 Å². The highest BCUT2D eigenvalue weighted by atomic mass is 35.5. The van der Waals surface area contributed by atoms with Gasteiger partial charge in [-0.3, -0.25) is 9.59 Å². The monoisotopic (exact) mass is 495 g/mol. The smallest absolute Gasteiger partial charge is 0.253 e. The highest BCUT2D eigenvalue weighted by Crippen LogP contribution is 2.27. The Kier molecular flexibility index (Phi) is 8.45. The zero-order chi connectivity index (χ0) is 24.0. The number of rotatable bonds is 8. The van der Waals surface area contributed by atoms with Crippen LogP contribution in [0, 0.1) is 11.7 Å². The SMILES string of the molecule is CCCNC(=O)c1ccccc1NC(=O)C1CCN(S(=O)(=O)Cc2c(F)cccc2Cl)CC1.